The predicted octanol–water partition coefficient (Wildman–Crippen LogP) is 10.7. The van der Waals surface area contributed by atoms with Crippen LogP contribution >= 0.6 is 0 Å². The Balaban J connectivity index is 1.48. The molecule has 0 radical (unpaired) electrons. The summed E-state index contributed by atoms with van der Waals surface area (Å²) < 4.78 is 10.9. The molecule has 4 rings (SSSR count). The summed E-state index contributed by atoms with van der Waals surface area (Å²) in [6.45, 7) is 14.8. The van der Waals surface area contributed by atoms with E-state index in [1.165, 1.54) is 22.4 Å². The number of anilines is 3. The van der Waals surface area contributed by atoms with Crippen molar-refractivity contribution in [2.75, 3.05) is 18.1 Å². The molecule has 0 aliphatic carbocycles. The Bertz CT molecular complexity index is 1600. The molecule has 0 aromatic heterocycles. The molecule has 49 heavy (non-hydrogen) atoms. The van der Waals surface area contributed by atoms with E-state index in [0.717, 1.165) is 47.9 Å². The Kier molecular flexibility index (Phi) is 14.0. The minimum atomic E-state index is -1.72. The Morgan fingerprint density at radius 3 is 1.63 bits per heavy atom. The number of rotatable bonds is 18. The van der Waals surface area contributed by atoms with Gasteiger partial charge in [0.15, 0.2) is 0 Å². The van der Waals surface area contributed by atoms with Gasteiger partial charge in [0.05, 0.1) is 21.3 Å². The fourth-order valence-electron chi connectivity index (χ4n) is 5.98. The van der Waals surface area contributed by atoms with Crippen molar-refractivity contribution in [1.29, 1.82) is 0 Å². The Labute approximate surface area is 296 Å². The van der Waals surface area contributed by atoms with Crippen LogP contribution in [-0.2, 0) is 25.5 Å². The number of carbonyl (C=O) groups excluding carboxylic acids is 2. The molecule has 0 saturated heterocycles. The van der Waals surface area contributed by atoms with E-state index in [1.807, 2.05) is 13.0 Å². The van der Waals surface area contributed by atoms with E-state index >= 15 is 0 Å². The summed E-state index contributed by atoms with van der Waals surface area (Å²) in [7, 11) is -2.84. The molecule has 0 atom stereocenters. The predicted molar refractivity (Wildman–Crippen MR) is 211 cm³/mol. The zero-order valence-corrected chi connectivity index (χ0v) is 32.5. The fraction of sp³-hybridized carbons (Fsp3) is 0.381. The summed E-state index contributed by atoms with van der Waals surface area (Å²) in [5.41, 5.74) is 6.71. The highest BCUT2D eigenvalue weighted by Crippen LogP contribution is 2.36. The molecule has 5 nitrogen and oxygen atoms in total. The van der Waals surface area contributed by atoms with E-state index < -0.39 is 16.1 Å². The lowest BCUT2D eigenvalue weighted by atomic mass is 10.0. The quantitative estimate of drug-likeness (QED) is 0.0590. The third-order valence-electron chi connectivity index (χ3n) is 8.95. The second kappa shape index (κ2) is 18.2. The number of carbonyl (C=O) groups is 2. The molecule has 0 spiro atoms. The summed E-state index contributed by atoms with van der Waals surface area (Å²) in [6.07, 6.45) is 4.20. The molecule has 0 bridgehead atoms. The van der Waals surface area contributed by atoms with Crippen molar-refractivity contribution < 1.29 is 19.1 Å². The van der Waals surface area contributed by atoms with Gasteiger partial charge in [-0.15, -0.1) is 0 Å². The Morgan fingerprint density at radius 2 is 1.08 bits per heavy atom. The van der Waals surface area contributed by atoms with Crippen LogP contribution < -0.4 is 10.1 Å². The highest BCUT2D eigenvalue weighted by molar-refractivity contribution is 6.89. The number of esters is 2. The van der Waals surface area contributed by atoms with E-state index in [0.29, 0.717) is 32.5 Å². The average Bonchev–Trinajstić information content (AvgIpc) is 3.09. The molecule has 0 heterocycles. The highest BCUT2D eigenvalue weighted by atomic mass is 28.3. The van der Waals surface area contributed by atoms with Crippen LogP contribution in [0.2, 0.25) is 44.8 Å². The first-order valence-electron chi connectivity index (χ1n) is 17.9. The maximum atomic E-state index is 12.4. The lowest BCUT2D eigenvalue weighted by Gasteiger charge is -2.28. The highest BCUT2D eigenvalue weighted by Gasteiger charge is 2.24. The number of benzene rings is 4. The van der Waals surface area contributed by atoms with Gasteiger partial charge in [-0.1, -0.05) is 124 Å². The van der Waals surface area contributed by atoms with Crippen LogP contribution in [0.3, 0.4) is 0 Å². The SMILES string of the molecule is CCCC(=O)OCCC[Si](C)(C)c1ccc(N(c2ccc(CCC(=O)OCCC[Si](C)(C)C)cc2)c2ccc(-c3ccccc3)cc2)cc1. The van der Waals surface area contributed by atoms with E-state index in [9.17, 15) is 9.59 Å². The lowest BCUT2D eigenvalue weighted by Crippen LogP contribution is -2.41. The van der Waals surface area contributed by atoms with Crippen LogP contribution in [0.15, 0.2) is 103 Å². The first kappa shape index (κ1) is 37.9. The minimum absolute atomic E-state index is 0.0954. The van der Waals surface area contributed by atoms with Crippen molar-refractivity contribution in [3.8, 4) is 11.1 Å². The maximum absolute atomic E-state index is 12.4. The fourth-order valence-corrected chi connectivity index (χ4v) is 9.57. The van der Waals surface area contributed by atoms with Gasteiger partial charge in [0, 0.05) is 38.0 Å². The molecule has 0 aliphatic rings. The minimum Gasteiger partial charge on any atom is -0.466 e. The van der Waals surface area contributed by atoms with Crippen molar-refractivity contribution in [3.63, 3.8) is 0 Å². The van der Waals surface area contributed by atoms with E-state index in [2.05, 4.69) is 135 Å². The van der Waals surface area contributed by atoms with Crippen LogP contribution in [0, 0.1) is 0 Å². The van der Waals surface area contributed by atoms with Gasteiger partial charge in [0.2, 0.25) is 0 Å². The number of hydrogen-bond acceptors (Lipinski definition) is 5. The van der Waals surface area contributed by atoms with Crippen molar-refractivity contribution in [1.82, 2.24) is 0 Å². The normalized spacial score (nSPS) is 11.6. The zero-order chi connectivity index (χ0) is 35.3. The molecule has 0 amide bonds. The first-order valence-corrected chi connectivity index (χ1v) is 24.8. The molecule has 0 fully saturated rings. The van der Waals surface area contributed by atoms with Crippen molar-refractivity contribution in [2.45, 2.75) is 90.3 Å². The summed E-state index contributed by atoms with van der Waals surface area (Å²) in [5.74, 6) is -0.217. The summed E-state index contributed by atoms with van der Waals surface area (Å²) in [4.78, 5) is 26.5. The molecule has 0 aliphatic heterocycles. The Morgan fingerprint density at radius 1 is 0.592 bits per heavy atom. The smallest absolute Gasteiger partial charge is 0.306 e. The van der Waals surface area contributed by atoms with Gasteiger partial charge in [0.25, 0.3) is 0 Å². The van der Waals surface area contributed by atoms with Crippen LogP contribution in [0.4, 0.5) is 17.1 Å². The zero-order valence-electron chi connectivity index (χ0n) is 30.5. The van der Waals surface area contributed by atoms with Gasteiger partial charge in [-0.25, -0.2) is 0 Å². The summed E-state index contributed by atoms with van der Waals surface area (Å²) in [6, 6.07) is 38.9. The van der Waals surface area contributed by atoms with Crippen molar-refractivity contribution >= 4 is 50.3 Å². The molecule has 4 aromatic rings. The summed E-state index contributed by atoms with van der Waals surface area (Å²) in [5, 5.41) is 1.39. The van der Waals surface area contributed by atoms with Crippen LogP contribution in [0.1, 0.15) is 44.6 Å². The first-order chi connectivity index (χ1) is 23.4. The molecule has 260 valence electrons. The van der Waals surface area contributed by atoms with Gasteiger partial charge >= 0.3 is 11.9 Å². The molecule has 0 saturated carbocycles. The number of nitrogens with zero attached hydrogens (tertiary/aromatic N) is 1. The largest absolute Gasteiger partial charge is 0.466 e. The lowest BCUT2D eigenvalue weighted by molar-refractivity contribution is -0.144. The molecule has 4 aromatic carbocycles. The van der Waals surface area contributed by atoms with Gasteiger partial charge in [-0.05, 0) is 78.8 Å². The maximum Gasteiger partial charge on any atom is 0.306 e. The molecule has 0 N–H and O–H groups in total. The third-order valence-corrected chi connectivity index (χ3v) is 14.3. The van der Waals surface area contributed by atoms with Gasteiger partial charge in [-0.3, -0.25) is 9.59 Å². The monoisotopic (exact) mass is 693 g/mol. The van der Waals surface area contributed by atoms with Gasteiger partial charge in [0.1, 0.15) is 0 Å². The standard InChI is InChI=1S/C42H55NO4Si2/c1-7-13-41(44)46-31-12-33-49(5,6)40-27-25-39(26-28-40)43(38-23-19-36(20-24-38)35-14-9-8-10-15-35)37-21-16-34(17-22-37)18-29-42(45)47-30-11-32-48(2,3)4/h8-10,14-17,19-28H,7,11-13,18,29-33H2,1-6H3. The molecule has 0 unspecified atom stereocenters. The topological polar surface area (TPSA) is 55.8 Å². The number of hydrogen-bond donors (Lipinski definition) is 0. The molecule has 7 heteroatoms. The third kappa shape index (κ3) is 12.2. The number of aryl methyl sites for hydroxylation is 1. The molecular formula is C42H55NO4Si2. The van der Waals surface area contributed by atoms with E-state index in [4.69, 9.17) is 9.47 Å². The Hall–Kier alpha value is -3.95. The van der Waals surface area contributed by atoms with Crippen molar-refractivity contribution in [3.05, 3.63) is 109 Å². The van der Waals surface area contributed by atoms with Crippen molar-refractivity contribution in [2.24, 2.45) is 0 Å². The van der Waals surface area contributed by atoms with Gasteiger partial charge < -0.3 is 14.4 Å². The second-order valence-electron chi connectivity index (χ2n) is 14.8. The number of ether oxygens (including phenoxy) is 2. The van der Waals surface area contributed by atoms with Gasteiger partial charge in [-0.2, -0.15) is 0 Å². The second-order valence-corrected chi connectivity index (χ2v) is 25.3. The molecular weight excluding hydrogens is 639 g/mol. The average molecular weight is 694 g/mol. The van der Waals surface area contributed by atoms with E-state index in [-0.39, 0.29) is 11.9 Å². The summed E-state index contributed by atoms with van der Waals surface area (Å²) >= 11 is 0. The van der Waals surface area contributed by atoms with Crippen LogP contribution in [0.25, 0.3) is 11.1 Å². The van der Waals surface area contributed by atoms with Crippen LogP contribution in [0.5, 0.6) is 0 Å². The van der Waals surface area contributed by atoms with Crippen LogP contribution in [-0.4, -0.2) is 41.3 Å². The van der Waals surface area contributed by atoms with E-state index in [1.54, 1.807) is 0 Å².